The van der Waals surface area contributed by atoms with Crippen molar-refractivity contribution in [2.45, 2.75) is 38.6 Å². The molecule has 0 saturated carbocycles. The van der Waals surface area contributed by atoms with Crippen molar-refractivity contribution in [3.63, 3.8) is 0 Å². The van der Waals surface area contributed by atoms with Crippen LogP contribution in [0.25, 0.3) is 11.0 Å². The summed E-state index contributed by atoms with van der Waals surface area (Å²) < 4.78 is 11.1. The van der Waals surface area contributed by atoms with Crippen LogP contribution in [0.5, 0.6) is 11.5 Å². The van der Waals surface area contributed by atoms with Crippen molar-refractivity contribution >= 4 is 16.8 Å². The van der Waals surface area contributed by atoms with Crippen LogP contribution in [-0.2, 0) is 9.53 Å². The van der Waals surface area contributed by atoms with Crippen LogP contribution in [0.1, 0.15) is 42.9 Å². The molecule has 0 radical (unpaired) electrons. The number of ether oxygens (including phenoxy) is 2. The number of carbonyl (C=O) groups excluding carboxylic acids is 1. The fraction of sp³-hybridized carbons (Fsp3) is 0.364. The van der Waals surface area contributed by atoms with Gasteiger partial charge in [0.15, 0.2) is 0 Å². The first-order chi connectivity index (χ1) is 13.6. The molecule has 0 amide bonds. The highest BCUT2D eigenvalue weighted by molar-refractivity contribution is 5.86. The topological polar surface area (TPSA) is 90.2 Å². The SMILES string of the molecule is COCCCCC(=O)CC(N)c1cccc(Oc2ccnc3[nH]cc(C)c23)c1. The highest BCUT2D eigenvalue weighted by atomic mass is 16.5. The number of aromatic nitrogens is 2. The van der Waals surface area contributed by atoms with Crippen LogP contribution < -0.4 is 10.5 Å². The van der Waals surface area contributed by atoms with E-state index in [1.165, 1.54) is 0 Å². The van der Waals surface area contributed by atoms with Crippen molar-refractivity contribution in [2.24, 2.45) is 5.73 Å². The lowest BCUT2D eigenvalue weighted by atomic mass is 10.00. The Labute approximate surface area is 165 Å². The molecule has 0 bridgehead atoms. The Morgan fingerprint density at radius 1 is 1.29 bits per heavy atom. The smallest absolute Gasteiger partial charge is 0.141 e. The van der Waals surface area contributed by atoms with Crippen molar-refractivity contribution < 1.29 is 14.3 Å². The molecule has 3 N–H and O–H groups in total. The third-order valence-corrected chi connectivity index (χ3v) is 4.75. The van der Waals surface area contributed by atoms with Gasteiger partial charge in [0.1, 0.15) is 22.9 Å². The van der Waals surface area contributed by atoms with Crippen molar-refractivity contribution in [1.82, 2.24) is 9.97 Å². The molecule has 6 heteroatoms. The molecule has 0 aliphatic carbocycles. The molecule has 1 atom stereocenters. The van der Waals surface area contributed by atoms with E-state index in [0.29, 0.717) is 25.2 Å². The number of nitrogens with zero attached hydrogens (tertiary/aromatic N) is 1. The maximum absolute atomic E-state index is 12.2. The maximum Gasteiger partial charge on any atom is 0.141 e. The molecule has 0 spiro atoms. The van der Waals surface area contributed by atoms with Gasteiger partial charge < -0.3 is 20.2 Å². The summed E-state index contributed by atoms with van der Waals surface area (Å²) in [5, 5.41) is 0.962. The molecule has 3 aromatic rings. The molecule has 2 aromatic heterocycles. The number of benzene rings is 1. The first-order valence-electron chi connectivity index (χ1n) is 9.55. The van der Waals surface area contributed by atoms with E-state index in [9.17, 15) is 4.79 Å². The summed E-state index contributed by atoms with van der Waals surface area (Å²) in [7, 11) is 1.67. The quantitative estimate of drug-likeness (QED) is 0.507. The van der Waals surface area contributed by atoms with Gasteiger partial charge >= 0.3 is 0 Å². The van der Waals surface area contributed by atoms with Crippen LogP contribution in [0.4, 0.5) is 0 Å². The number of nitrogens with two attached hydrogens (primary N) is 1. The number of Topliss-reactive ketones (excluding diaryl/α,β-unsaturated/α-hetero) is 1. The third kappa shape index (κ3) is 4.97. The lowest BCUT2D eigenvalue weighted by molar-refractivity contribution is -0.119. The molecule has 2 heterocycles. The number of rotatable bonds is 10. The van der Waals surface area contributed by atoms with Crippen molar-refractivity contribution in [3.8, 4) is 11.5 Å². The van der Waals surface area contributed by atoms with Gasteiger partial charge in [-0.15, -0.1) is 0 Å². The number of ketones is 1. The number of H-pyrrole nitrogens is 1. The number of fused-ring (bicyclic) bond motifs is 1. The number of nitrogens with one attached hydrogen (secondary N) is 1. The second kappa shape index (κ2) is 9.48. The van der Waals surface area contributed by atoms with E-state index >= 15 is 0 Å². The molecule has 0 aliphatic heterocycles. The van der Waals surface area contributed by atoms with Gasteiger partial charge in [0.2, 0.25) is 0 Å². The maximum atomic E-state index is 12.2. The van der Waals surface area contributed by atoms with E-state index in [4.69, 9.17) is 15.2 Å². The standard InChI is InChI=1S/C22H27N3O3/c1-15-14-25-22-21(15)20(9-10-24-22)28-18-8-5-6-16(12-18)19(23)13-17(26)7-3-4-11-27-2/h5-6,8-10,12,14,19H,3-4,7,11,13,23H2,1-2H3,(H,24,25). The van der Waals surface area contributed by atoms with Gasteiger partial charge in [-0.05, 0) is 49.1 Å². The Morgan fingerprint density at radius 2 is 2.14 bits per heavy atom. The van der Waals surface area contributed by atoms with Crippen molar-refractivity contribution in [3.05, 3.63) is 53.9 Å². The Hall–Kier alpha value is -2.70. The second-order valence-electron chi connectivity index (χ2n) is 6.98. The minimum Gasteiger partial charge on any atom is -0.457 e. The van der Waals surface area contributed by atoms with Crippen LogP contribution in [0, 0.1) is 6.92 Å². The molecule has 0 aliphatic rings. The number of hydrogen-bond acceptors (Lipinski definition) is 5. The van der Waals surface area contributed by atoms with E-state index in [-0.39, 0.29) is 11.8 Å². The summed E-state index contributed by atoms with van der Waals surface area (Å²) in [6.07, 6.45) is 6.21. The number of unbranched alkanes of at least 4 members (excludes halogenated alkanes) is 1. The van der Waals surface area contributed by atoms with Gasteiger partial charge in [-0.25, -0.2) is 4.98 Å². The molecule has 3 rings (SSSR count). The number of hydrogen-bond donors (Lipinski definition) is 2. The van der Waals surface area contributed by atoms with Crippen LogP contribution in [0.2, 0.25) is 0 Å². The van der Waals surface area contributed by atoms with Gasteiger partial charge in [-0.2, -0.15) is 0 Å². The summed E-state index contributed by atoms with van der Waals surface area (Å²) in [6, 6.07) is 9.12. The van der Waals surface area contributed by atoms with Gasteiger partial charge in [0, 0.05) is 45.0 Å². The molecular weight excluding hydrogens is 354 g/mol. The van der Waals surface area contributed by atoms with Gasteiger partial charge in [0.25, 0.3) is 0 Å². The first kappa shape index (κ1) is 20.0. The number of methoxy groups -OCH3 is 1. The van der Waals surface area contributed by atoms with Crippen LogP contribution in [0.15, 0.2) is 42.7 Å². The molecule has 148 valence electrons. The zero-order valence-electron chi connectivity index (χ0n) is 16.4. The molecule has 0 fully saturated rings. The van der Waals surface area contributed by atoms with Gasteiger partial charge in [-0.3, -0.25) is 4.79 Å². The molecule has 0 saturated heterocycles. The Kier molecular flexibility index (Phi) is 6.79. The molecule has 1 unspecified atom stereocenters. The summed E-state index contributed by atoms with van der Waals surface area (Å²) in [5.41, 5.74) is 9.03. The number of pyridine rings is 1. The Morgan fingerprint density at radius 3 is 2.96 bits per heavy atom. The zero-order chi connectivity index (χ0) is 19.9. The normalized spacial score (nSPS) is 12.2. The predicted octanol–water partition coefficient (Wildman–Crippen LogP) is 4.44. The summed E-state index contributed by atoms with van der Waals surface area (Å²) >= 11 is 0. The van der Waals surface area contributed by atoms with Crippen LogP contribution in [0.3, 0.4) is 0 Å². The minimum absolute atomic E-state index is 0.175. The van der Waals surface area contributed by atoms with E-state index in [1.807, 2.05) is 43.5 Å². The molecule has 1 aromatic carbocycles. The van der Waals surface area contributed by atoms with Crippen LogP contribution in [-0.4, -0.2) is 29.5 Å². The number of aromatic amines is 1. The minimum atomic E-state index is -0.343. The average Bonchev–Trinajstić information content (AvgIpc) is 3.07. The van der Waals surface area contributed by atoms with Crippen molar-refractivity contribution in [2.75, 3.05) is 13.7 Å². The summed E-state index contributed by atoms with van der Waals surface area (Å²) in [5.74, 6) is 1.60. The predicted molar refractivity (Wildman–Crippen MR) is 110 cm³/mol. The van der Waals surface area contributed by atoms with Gasteiger partial charge in [0.05, 0.1) is 5.39 Å². The fourth-order valence-corrected chi connectivity index (χ4v) is 3.24. The average molecular weight is 381 g/mol. The van der Waals surface area contributed by atoms with Crippen LogP contribution >= 0.6 is 0 Å². The second-order valence-corrected chi connectivity index (χ2v) is 6.98. The summed E-state index contributed by atoms with van der Waals surface area (Å²) in [4.78, 5) is 19.6. The van der Waals surface area contributed by atoms with Gasteiger partial charge in [-0.1, -0.05) is 12.1 Å². The van der Waals surface area contributed by atoms with E-state index in [0.717, 1.165) is 40.8 Å². The highest BCUT2D eigenvalue weighted by Gasteiger charge is 2.14. The Bertz CT molecular complexity index is 936. The molecule has 6 nitrogen and oxygen atoms in total. The monoisotopic (exact) mass is 381 g/mol. The Balaban J connectivity index is 1.66. The number of carbonyl (C=O) groups is 1. The lowest BCUT2D eigenvalue weighted by Gasteiger charge is -2.14. The molecule has 28 heavy (non-hydrogen) atoms. The fourth-order valence-electron chi connectivity index (χ4n) is 3.24. The largest absolute Gasteiger partial charge is 0.457 e. The van der Waals surface area contributed by atoms with E-state index < -0.39 is 0 Å². The first-order valence-corrected chi connectivity index (χ1v) is 9.55. The lowest BCUT2D eigenvalue weighted by Crippen LogP contribution is -2.15. The number of aryl methyl sites for hydroxylation is 1. The zero-order valence-corrected chi connectivity index (χ0v) is 16.4. The third-order valence-electron chi connectivity index (χ3n) is 4.75. The highest BCUT2D eigenvalue weighted by Crippen LogP contribution is 2.32. The summed E-state index contributed by atoms with van der Waals surface area (Å²) in [6.45, 7) is 2.69. The van der Waals surface area contributed by atoms with Crippen molar-refractivity contribution in [1.29, 1.82) is 0 Å². The van der Waals surface area contributed by atoms with E-state index in [1.54, 1.807) is 13.3 Å². The molecular formula is C22H27N3O3. The van der Waals surface area contributed by atoms with E-state index in [2.05, 4.69) is 9.97 Å².